The predicted molar refractivity (Wildman–Crippen MR) is 98.8 cm³/mol. The van der Waals surface area contributed by atoms with E-state index in [0.29, 0.717) is 5.52 Å². The lowest BCUT2D eigenvalue weighted by Crippen LogP contribution is -2.30. The van der Waals surface area contributed by atoms with E-state index in [4.69, 9.17) is 0 Å². The minimum atomic E-state index is -0.459. The van der Waals surface area contributed by atoms with Crippen molar-refractivity contribution < 1.29 is 9.72 Å². The highest BCUT2D eigenvalue weighted by Crippen LogP contribution is 2.20. The second-order valence-corrected chi connectivity index (χ2v) is 6.19. The molecule has 0 fully saturated rings. The van der Waals surface area contributed by atoms with Gasteiger partial charge < -0.3 is 5.32 Å². The second-order valence-electron chi connectivity index (χ2n) is 6.19. The Hall–Kier alpha value is -3.22. The Morgan fingerprint density at radius 2 is 2.00 bits per heavy atom. The van der Waals surface area contributed by atoms with Crippen molar-refractivity contribution in [3.05, 3.63) is 69.9 Å². The van der Waals surface area contributed by atoms with Gasteiger partial charge in [0, 0.05) is 17.5 Å². The van der Waals surface area contributed by atoms with Gasteiger partial charge in [0.25, 0.3) is 5.69 Å². The van der Waals surface area contributed by atoms with Crippen LogP contribution in [0.4, 0.5) is 5.69 Å². The van der Waals surface area contributed by atoms with E-state index in [2.05, 4.69) is 29.5 Å². The van der Waals surface area contributed by atoms with Gasteiger partial charge in [-0.3, -0.25) is 19.6 Å². The normalized spacial score (nSPS) is 12.1. The summed E-state index contributed by atoms with van der Waals surface area (Å²) in [6.45, 7) is 4.02. The molecule has 26 heavy (non-hydrogen) atoms. The van der Waals surface area contributed by atoms with Crippen molar-refractivity contribution in [2.75, 3.05) is 0 Å². The number of hydrogen-bond donors (Lipinski definition) is 1. The number of nitro groups is 1. The third kappa shape index (κ3) is 3.72. The number of aryl methyl sites for hydroxylation is 1. The number of carbonyl (C=O) groups is 1. The second kappa shape index (κ2) is 7.35. The van der Waals surface area contributed by atoms with E-state index in [0.717, 1.165) is 17.4 Å². The van der Waals surface area contributed by atoms with Crippen molar-refractivity contribution in [1.82, 2.24) is 15.1 Å². The van der Waals surface area contributed by atoms with E-state index >= 15 is 0 Å². The van der Waals surface area contributed by atoms with E-state index in [9.17, 15) is 14.9 Å². The molecule has 0 aliphatic heterocycles. The number of fused-ring (bicyclic) bond motifs is 1. The molecule has 0 radical (unpaired) electrons. The lowest BCUT2D eigenvalue weighted by molar-refractivity contribution is -0.384. The molecule has 3 rings (SSSR count). The first-order valence-corrected chi connectivity index (χ1v) is 8.46. The summed E-state index contributed by atoms with van der Waals surface area (Å²) >= 11 is 0. The van der Waals surface area contributed by atoms with Gasteiger partial charge in [0.05, 0.1) is 22.7 Å². The average molecular weight is 352 g/mol. The van der Waals surface area contributed by atoms with Crippen LogP contribution < -0.4 is 5.32 Å². The van der Waals surface area contributed by atoms with Crippen molar-refractivity contribution >= 4 is 22.5 Å². The number of hydrogen-bond acceptors (Lipinski definition) is 4. The standard InChI is InChI=1S/C19H20N4O3/c1-3-14-4-6-15(7-5-14)13(2)21-19(24)12-22-18-10-17(23(25)26)9-8-16(18)11-20-22/h4-11,13H,3,12H2,1-2H3,(H,21,24). The van der Waals surface area contributed by atoms with Gasteiger partial charge in [-0.05, 0) is 30.5 Å². The molecule has 1 atom stereocenters. The summed E-state index contributed by atoms with van der Waals surface area (Å²) in [4.78, 5) is 22.9. The van der Waals surface area contributed by atoms with Crippen LogP contribution in [0.5, 0.6) is 0 Å². The number of benzene rings is 2. The largest absolute Gasteiger partial charge is 0.348 e. The Morgan fingerprint density at radius 3 is 2.65 bits per heavy atom. The number of aromatic nitrogens is 2. The number of amides is 1. The number of nitrogens with zero attached hydrogens (tertiary/aromatic N) is 3. The van der Waals surface area contributed by atoms with Crippen molar-refractivity contribution in [2.24, 2.45) is 0 Å². The molecule has 1 unspecified atom stereocenters. The molecule has 0 saturated heterocycles. The molecule has 0 saturated carbocycles. The van der Waals surface area contributed by atoms with Crippen LogP contribution in [0.25, 0.3) is 10.9 Å². The van der Waals surface area contributed by atoms with Gasteiger partial charge in [0.15, 0.2) is 0 Å². The van der Waals surface area contributed by atoms with E-state index in [1.807, 2.05) is 19.1 Å². The van der Waals surface area contributed by atoms with Crippen LogP contribution in [-0.4, -0.2) is 20.6 Å². The topological polar surface area (TPSA) is 90.1 Å². The molecule has 134 valence electrons. The van der Waals surface area contributed by atoms with Crippen molar-refractivity contribution in [1.29, 1.82) is 0 Å². The summed E-state index contributed by atoms with van der Waals surface area (Å²) in [5.74, 6) is -0.200. The Labute approximate surface area is 150 Å². The summed E-state index contributed by atoms with van der Waals surface area (Å²) in [5.41, 5.74) is 2.81. The lowest BCUT2D eigenvalue weighted by atomic mass is 10.1. The maximum absolute atomic E-state index is 12.4. The maximum Gasteiger partial charge on any atom is 0.271 e. The van der Waals surface area contributed by atoms with Crippen molar-refractivity contribution in [3.63, 3.8) is 0 Å². The Morgan fingerprint density at radius 1 is 1.27 bits per heavy atom. The van der Waals surface area contributed by atoms with Crippen LogP contribution in [0.3, 0.4) is 0 Å². The van der Waals surface area contributed by atoms with E-state index < -0.39 is 4.92 Å². The first-order chi connectivity index (χ1) is 12.5. The monoisotopic (exact) mass is 352 g/mol. The molecule has 0 spiro atoms. The summed E-state index contributed by atoms with van der Waals surface area (Å²) in [6.07, 6.45) is 2.57. The molecule has 0 bridgehead atoms. The lowest BCUT2D eigenvalue weighted by Gasteiger charge is -2.15. The Balaban J connectivity index is 1.72. The number of non-ortho nitro benzene ring substituents is 1. The minimum absolute atomic E-state index is 0.00203. The third-order valence-electron chi connectivity index (χ3n) is 4.40. The third-order valence-corrected chi connectivity index (χ3v) is 4.40. The molecule has 1 N–H and O–H groups in total. The fourth-order valence-corrected chi connectivity index (χ4v) is 2.85. The molecular formula is C19H20N4O3. The van der Waals surface area contributed by atoms with Crippen LogP contribution >= 0.6 is 0 Å². The van der Waals surface area contributed by atoms with Crippen molar-refractivity contribution in [2.45, 2.75) is 32.9 Å². The van der Waals surface area contributed by atoms with Gasteiger partial charge in [-0.25, -0.2) is 0 Å². The number of nitro benzene ring substituents is 1. The summed E-state index contributed by atoms with van der Waals surface area (Å²) in [6, 6.07) is 12.5. The molecule has 2 aromatic carbocycles. The van der Waals surface area contributed by atoms with Crippen LogP contribution in [0, 0.1) is 10.1 Å². The molecule has 1 amide bonds. The van der Waals surface area contributed by atoms with Gasteiger partial charge >= 0.3 is 0 Å². The Kier molecular flexibility index (Phi) is 4.97. The summed E-state index contributed by atoms with van der Waals surface area (Å²) in [5, 5.41) is 18.8. The van der Waals surface area contributed by atoms with Crippen LogP contribution in [0.1, 0.15) is 31.0 Å². The van der Waals surface area contributed by atoms with Crippen LogP contribution in [0.15, 0.2) is 48.7 Å². The average Bonchev–Trinajstić information content (AvgIpc) is 3.03. The molecule has 1 heterocycles. The molecule has 0 aliphatic carbocycles. The van der Waals surface area contributed by atoms with Crippen molar-refractivity contribution in [3.8, 4) is 0 Å². The van der Waals surface area contributed by atoms with Gasteiger partial charge in [-0.1, -0.05) is 31.2 Å². The van der Waals surface area contributed by atoms with E-state index in [-0.39, 0.29) is 24.2 Å². The van der Waals surface area contributed by atoms with E-state index in [1.54, 1.807) is 12.3 Å². The first kappa shape index (κ1) is 17.6. The smallest absolute Gasteiger partial charge is 0.271 e. The quantitative estimate of drug-likeness (QED) is 0.544. The zero-order valence-corrected chi connectivity index (χ0v) is 14.7. The van der Waals surface area contributed by atoms with E-state index in [1.165, 1.54) is 22.4 Å². The van der Waals surface area contributed by atoms with Gasteiger partial charge in [0.2, 0.25) is 5.91 Å². The molecule has 7 nitrogen and oxygen atoms in total. The number of rotatable bonds is 6. The summed E-state index contributed by atoms with van der Waals surface area (Å²) < 4.78 is 1.48. The highest BCUT2D eigenvalue weighted by Gasteiger charge is 2.14. The molecule has 7 heteroatoms. The number of nitrogens with one attached hydrogen (secondary N) is 1. The molecular weight excluding hydrogens is 332 g/mol. The molecule has 0 aliphatic rings. The highest BCUT2D eigenvalue weighted by molar-refractivity contribution is 5.83. The zero-order valence-electron chi connectivity index (χ0n) is 14.7. The van der Waals surface area contributed by atoms with Crippen LogP contribution in [-0.2, 0) is 17.8 Å². The van der Waals surface area contributed by atoms with Gasteiger partial charge in [-0.2, -0.15) is 5.10 Å². The van der Waals surface area contributed by atoms with Gasteiger partial charge in [0.1, 0.15) is 6.54 Å². The summed E-state index contributed by atoms with van der Waals surface area (Å²) in [7, 11) is 0. The fraction of sp³-hybridized carbons (Fsp3) is 0.263. The maximum atomic E-state index is 12.4. The fourth-order valence-electron chi connectivity index (χ4n) is 2.85. The predicted octanol–water partition coefficient (Wildman–Crippen LogP) is 3.38. The SMILES string of the molecule is CCc1ccc(C(C)NC(=O)Cn2ncc3ccc([N+](=O)[O-])cc32)cc1. The number of carbonyl (C=O) groups excluding carboxylic acids is 1. The van der Waals surface area contributed by atoms with Gasteiger partial charge in [-0.15, -0.1) is 0 Å². The molecule has 3 aromatic rings. The van der Waals surface area contributed by atoms with Crippen LogP contribution in [0.2, 0.25) is 0 Å². The highest BCUT2D eigenvalue weighted by atomic mass is 16.6. The molecule has 1 aromatic heterocycles. The zero-order chi connectivity index (χ0) is 18.7. The minimum Gasteiger partial charge on any atom is -0.348 e. The Bertz CT molecular complexity index is 947. The first-order valence-electron chi connectivity index (χ1n) is 8.46.